The third kappa shape index (κ3) is 6.93. The molecule has 0 spiro atoms. The van der Waals surface area contributed by atoms with E-state index in [1.54, 1.807) is 0 Å². The molecule has 2 saturated heterocycles. The first kappa shape index (κ1) is 29.8. The zero-order valence-corrected chi connectivity index (χ0v) is 25.4. The van der Waals surface area contributed by atoms with Crippen LogP contribution >= 0.6 is 11.6 Å². The number of aromatic nitrogens is 3. The van der Waals surface area contributed by atoms with Crippen LogP contribution in [-0.4, -0.2) is 82.9 Å². The first-order chi connectivity index (χ1) is 21.0. The van der Waals surface area contributed by atoms with Gasteiger partial charge >= 0.3 is 0 Å². The van der Waals surface area contributed by atoms with Crippen LogP contribution in [-0.2, 0) is 16.6 Å². The number of pyridine rings is 1. The Morgan fingerprint density at radius 3 is 2.42 bits per heavy atom. The zero-order valence-electron chi connectivity index (χ0n) is 24.6. The first-order valence-corrected chi connectivity index (χ1v) is 15.8. The average molecular weight is 602 g/mol. The van der Waals surface area contributed by atoms with E-state index in [9.17, 15) is 9.90 Å². The van der Waals surface area contributed by atoms with Crippen LogP contribution in [0.2, 0.25) is 5.02 Å². The van der Waals surface area contributed by atoms with Crippen molar-refractivity contribution in [1.29, 1.82) is 0 Å². The number of hydrogen-bond acceptors (Lipinski definition) is 7. The molecule has 2 aromatic carbocycles. The van der Waals surface area contributed by atoms with Gasteiger partial charge in [0.05, 0.1) is 25.5 Å². The Balaban J connectivity index is 1.06. The van der Waals surface area contributed by atoms with Gasteiger partial charge in [0, 0.05) is 61.2 Å². The maximum atomic E-state index is 12.7. The molecule has 226 valence electrons. The SMILES string of the molecule is O=C(CCCCN1CCOCC1)c1ccc(Cc2nc3c(N4CCC(CO)(c5ccc(Cl)cc5)CC4)cccn3n2)cc1. The Kier molecular flexibility index (Phi) is 9.38. The van der Waals surface area contributed by atoms with Crippen molar-refractivity contribution in [2.75, 3.05) is 57.4 Å². The Morgan fingerprint density at radius 1 is 0.953 bits per heavy atom. The lowest BCUT2D eigenvalue weighted by Gasteiger charge is -2.42. The van der Waals surface area contributed by atoms with Crippen molar-refractivity contribution in [3.63, 3.8) is 0 Å². The summed E-state index contributed by atoms with van der Waals surface area (Å²) in [4.78, 5) is 22.4. The molecule has 0 saturated carbocycles. The molecule has 0 unspecified atom stereocenters. The van der Waals surface area contributed by atoms with Crippen molar-refractivity contribution < 1.29 is 14.6 Å². The Bertz CT molecular complexity index is 1510. The lowest BCUT2D eigenvalue weighted by molar-refractivity contribution is 0.0371. The number of morpholine rings is 1. The molecular formula is C34H40ClN5O3. The summed E-state index contributed by atoms with van der Waals surface area (Å²) in [7, 11) is 0. The quantitative estimate of drug-likeness (QED) is 0.187. The summed E-state index contributed by atoms with van der Waals surface area (Å²) in [6.45, 7) is 6.38. The highest BCUT2D eigenvalue weighted by atomic mass is 35.5. The highest BCUT2D eigenvalue weighted by Gasteiger charge is 2.36. The number of anilines is 1. The number of piperidine rings is 1. The van der Waals surface area contributed by atoms with Crippen LogP contribution in [0.3, 0.4) is 0 Å². The van der Waals surface area contributed by atoms with E-state index in [-0.39, 0.29) is 17.8 Å². The Hall–Kier alpha value is -3.30. The van der Waals surface area contributed by atoms with E-state index in [2.05, 4.69) is 15.9 Å². The Labute approximate surface area is 258 Å². The molecule has 6 rings (SSSR count). The van der Waals surface area contributed by atoms with Gasteiger partial charge in [0.2, 0.25) is 0 Å². The number of carbonyl (C=O) groups excluding carboxylic acids is 1. The van der Waals surface area contributed by atoms with Gasteiger partial charge in [0.15, 0.2) is 17.3 Å². The number of carbonyl (C=O) groups is 1. The molecule has 2 aromatic heterocycles. The van der Waals surface area contributed by atoms with Gasteiger partial charge in [-0.2, -0.15) is 5.10 Å². The third-order valence-electron chi connectivity index (χ3n) is 9.08. The summed E-state index contributed by atoms with van der Waals surface area (Å²) in [6, 6.07) is 19.9. The van der Waals surface area contributed by atoms with Gasteiger partial charge in [-0.15, -0.1) is 0 Å². The molecule has 0 amide bonds. The van der Waals surface area contributed by atoms with Crippen molar-refractivity contribution in [3.05, 3.63) is 94.4 Å². The molecule has 0 radical (unpaired) electrons. The smallest absolute Gasteiger partial charge is 0.178 e. The molecule has 4 aromatic rings. The van der Waals surface area contributed by atoms with Crippen molar-refractivity contribution in [3.8, 4) is 0 Å². The minimum atomic E-state index is -0.262. The fraction of sp³-hybridized carbons (Fsp3) is 0.441. The summed E-state index contributed by atoms with van der Waals surface area (Å²) >= 11 is 6.11. The monoisotopic (exact) mass is 601 g/mol. The molecule has 4 heterocycles. The molecule has 2 aliphatic rings. The van der Waals surface area contributed by atoms with Gasteiger partial charge < -0.3 is 14.7 Å². The van der Waals surface area contributed by atoms with Crippen molar-refractivity contribution in [1.82, 2.24) is 19.5 Å². The second kappa shape index (κ2) is 13.6. The van der Waals surface area contributed by atoms with Crippen LogP contribution in [0.1, 0.15) is 59.4 Å². The summed E-state index contributed by atoms with van der Waals surface area (Å²) < 4.78 is 7.26. The molecule has 1 N–H and O–H groups in total. The van der Waals surface area contributed by atoms with Gasteiger partial charge in [-0.05, 0) is 67.6 Å². The molecule has 43 heavy (non-hydrogen) atoms. The van der Waals surface area contributed by atoms with E-state index in [1.807, 2.05) is 65.3 Å². The van der Waals surface area contributed by atoms with Gasteiger partial charge in [-0.25, -0.2) is 9.50 Å². The first-order valence-electron chi connectivity index (χ1n) is 15.4. The Morgan fingerprint density at radius 2 is 1.70 bits per heavy atom. The van der Waals surface area contributed by atoms with Gasteiger partial charge in [0.1, 0.15) is 0 Å². The molecule has 8 nitrogen and oxygen atoms in total. The second-order valence-corrected chi connectivity index (χ2v) is 12.3. The fourth-order valence-electron chi connectivity index (χ4n) is 6.36. The molecule has 0 atom stereocenters. The largest absolute Gasteiger partial charge is 0.395 e. The van der Waals surface area contributed by atoms with E-state index in [0.717, 1.165) is 105 Å². The predicted molar refractivity (Wildman–Crippen MR) is 169 cm³/mol. The number of benzene rings is 2. The summed E-state index contributed by atoms with van der Waals surface area (Å²) in [5.74, 6) is 0.948. The highest BCUT2D eigenvalue weighted by molar-refractivity contribution is 6.30. The standard InChI is InChI=1S/C34H40ClN5O3/c35-29-12-10-28(11-13-29)34(25-41)14-18-39(19-15-34)30-4-3-17-40-33(30)36-32(37-40)24-26-6-8-27(9-7-26)31(42)5-1-2-16-38-20-22-43-23-21-38/h3-4,6-13,17,41H,1-2,5,14-16,18-25H2. The fourth-order valence-corrected chi connectivity index (χ4v) is 6.48. The normalized spacial score (nSPS) is 17.4. The number of ether oxygens (including phenoxy) is 1. The number of unbranched alkanes of at least 4 members (excludes halogenated alkanes) is 1. The molecule has 2 fully saturated rings. The maximum Gasteiger partial charge on any atom is 0.178 e. The summed E-state index contributed by atoms with van der Waals surface area (Å²) in [5.41, 5.74) is 4.61. The topological polar surface area (TPSA) is 83.2 Å². The lowest BCUT2D eigenvalue weighted by Crippen LogP contribution is -2.45. The number of hydrogen-bond donors (Lipinski definition) is 1. The van der Waals surface area contributed by atoms with Gasteiger partial charge in [0.25, 0.3) is 0 Å². The van der Waals surface area contributed by atoms with Crippen LogP contribution in [0.25, 0.3) is 5.65 Å². The number of aliphatic hydroxyl groups is 1. The summed E-state index contributed by atoms with van der Waals surface area (Å²) in [5, 5.41) is 15.8. The molecule has 2 aliphatic heterocycles. The van der Waals surface area contributed by atoms with Gasteiger partial charge in [-0.3, -0.25) is 9.69 Å². The minimum absolute atomic E-state index is 0.112. The second-order valence-electron chi connectivity index (χ2n) is 11.8. The van der Waals surface area contributed by atoms with E-state index in [1.165, 1.54) is 0 Å². The van der Waals surface area contributed by atoms with Crippen molar-refractivity contribution in [2.24, 2.45) is 0 Å². The number of rotatable bonds is 11. The predicted octanol–water partition coefficient (Wildman–Crippen LogP) is 5.19. The zero-order chi connectivity index (χ0) is 29.6. The van der Waals surface area contributed by atoms with E-state index >= 15 is 0 Å². The molecule has 9 heteroatoms. The lowest BCUT2D eigenvalue weighted by atomic mass is 9.73. The number of Topliss-reactive ketones (excluding diaryl/α,β-unsaturated/α-hetero) is 1. The molecular weight excluding hydrogens is 562 g/mol. The van der Waals surface area contributed by atoms with Gasteiger partial charge in [-0.1, -0.05) is 48.0 Å². The van der Waals surface area contributed by atoms with Crippen LogP contribution in [0.15, 0.2) is 66.9 Å². The van der Waals surface area contributed by atoms with Crippen molar-refractivity contribution in [2.45, 2.75) is 43.9 Å². The van der Waals surface area contributed by atoms with Crippen molar-refractivity contribution >= 4 is 28.7 Å². The number of halogens is 1. The van der Waals surface area contributed by atoms with Crippen LogP contribution < -0.4 is 4.90 Å². The van der Waals surface area contributed by atoms with E-state index in [4.69, 9.17) is 26.4 Å². The summed E-state index contributed by atoms with van der Waals surface area (Å²) in [6.07, 6.45) is 6.73. The maximum absolute atomic E-state index is 12.7. The van der Waals surface area contributed by atoms with Crippen LogP contribution in [0.5, 0.6) is 0 Å². The van der Waals surface area contributed by atoms with E-state index < -0.39 is 0 Å². The average Bonchev–Trinajstić information content (AvgIpc) is 3.47. The highest BCUT2D eigenvalue weighted by Crippen LogP contribution is 2.37. The molecule has 0 aliphatic carbocycles. The number of nitrogens with zero attached hydrogens (tertiary/aromatic N) is 5. The minimum Gasteiger partial charge on any atom is -0.395 e. The van der Waals surface area contributed by atoms with Crippen LogP contribution in [0, 0.1) is 0 Å². The molecule has 0 bridgehead atoms. The number of fused-ring (bicyclic) bond motifs is 1. The van der Waals surface area contributed by atoms with E-state index in [0.29, 0.717) is 17.9 Å². The van der Waals surface area contributed by atoms with Crippen LogP contribution in [0.4, 0.5) is 5.69 Å². The number of ketones is 1. The third-order valence-corrected chi connectivity index (χ3v) is 9.33. The number of aliphatic hydroxyl groups excluding tert-OH is 1.